The molecule has 1 N–H and O–H groups in total. The second kappa shape index (κ2) is 7.95. The first-order chi connectivity index (χ1) is 12.2. The minimum atomic E-state index is -1.20. The molecule has 0 bridgehead atoms. The van der Waals surface area contributed by atoms with Crippen molar-refractivity contribution in [1.29, 1.82) is 0 Å². The molecule has 0 radical (unpaired) electrons. The molecular formula is C15H18N2O9. The largest absolute Gasteiger partial charge is 0.463 e. The molecule has 1 saturated heterocycles. The van der Waals surface area contributed by atoms with Crippen LogP contribution in [0.2, 0.25) is 0 Å². The van der Waals surface area contributed by atoms with Crippen molar-refractivity contribution in [2.45, 2.75) is 45.3 Å². The number of carbonyl (C=O) groups is 3. The van der Waals surface area contributed by atoms with Crippen LogP contribution < -0.4 is 11.2 Å². The summed E-state index contributed by atoms with van der Waals surface area (Å²) in [4.78, 5) is 59.3. The van der Waals surface area contributed by atoms with Crippen LogP contribution in [0, 0.1) is 0 Å². The Labute approximate surface area is 146 Å². The number of ether oxygens (including phenoxy) is 4. The zero-order chi connectivity index (χ0) is 19.4. The van der Waals surface area contributed by atoms with E-state index in [4.69, 9.17) is 18.9 Å². The van der Waals surface area contributed by atoms with E-state index in [0.29, 0.717) is 0 Å². The number of aromatic nitrogens is 2. The van der Waals surface area contributed by atoms with Gasteiger partial charge in [-0.1, -0.05) is 0 Å². The first-order valence-electron chi connectivity index (χ1n) is 7.63. The molecule has 1 aliphatic heterocycles. The number of nitrogens with one attached hydrogen (secondary N) is 1. The summed E-state index contributed by atoms with van der Waals surface area (Å²) < 4.78 is 21.9. The molecule has 0 unspecified atom stereocenters. The average Bonchev–Trinajstić information content (AvgIpc) is 2.82. The fourth-order valence-corrected chi connectivity index (χ4v) is 2.54. The SMILES string of the molecule is CC(=O)OC[C@@H]1O[C@@H](n2ccc(=O)[nH]c2=O)[C@@H](OC(C)=O)[C@H]1OC(C)=O. The summed E-state index contributed by atoms with van der Waals surface area (Å²) >= 11 is 0. The maximum absolute atomic E-state index is 12.1. The summed E-state index contributed by atoms with van der Waals surface area (Å²) in [7, 11) is 0. The van der Waals surface area contributed by atoms with E-state index >= 15 is 0 Å². The lowest BCUT2D eigenvalue weighted by molar-refractivity contribution is -0.166. The van der Waals surface area contributed by atoms with Gasteiger partial charge in [0.25, 0.3) is 5.56 Å². The van der Waals surface area contributed by atoms with Crippen molar-refractivity contribution in [1.82, 2.24) is 9.55 Å². The van der Waals surface area contributed by atoms with Crippen LogP contribution in [-0.4, -0.2) is 52.4 Å². The van der Waals surface area contributed by atoms with Gasteiger partial charge in [0.1, 0.15) is 12.7 Å². The summed E-state index contributed by atoms with van der Waals surface area (Å²) in [6, 6.07) is 1.08. The second-order valence-corrected chi connectivity index (χ2v) is 5.53. The molecule has 1 fully saturated rings. The third-order valence-electron chi connectivity index (χ3n) is 3.47. The standard InChI is InChI=1S/C15H18N2O9/c1-7(18)23-6-10-12(24-8(2)19)13(25-9(3)20)14(26-10)17-5-4-11(21)16-15(17)22/h4-5,10,12-14H,6H2,1-3H3,(H,16,21,22)/t10-,12-,13-,14+/m0/s1. The van der Waals surface area contributed by atoms with Gasteiger partial charge in [0, 0.05) is 33.0 Å². The Morgan fingerprint density at radius 2 is 1.69 bits per heavy atom. The Morgan fingerprint density at radius 3 is 2.23 bits per heavy atom. The molecule has 2 rings (SSSR count). The van der Waals surface area contributed by atoms with Crippen LogP contribution in [0.4, 0.5) is 0 Å². The minimum absolute atomic E-state index is 0.292. The Kier molecular flexibility index (Phi) is 5.93. The number of H-pyrrole nitrogens is 1. The predicted molar refractivity (Wildman–Crippen MR) is 83.0 cm³/mol. The minimum Gasteiger partial charge on any atom is -0.463 e. The molecule has 0 saturated carbocycles. The molecule has 142 valence electrons. The van der Waals surface area contributed by atoms with Gasteiger partial charge in [0.05, 0.1) is 0 Å². The first-order valence-corrected chi connectivity index (χ1v) is 7.63. The smallest absolute Gasteiger partial charge is 0.330 e. The molecule has 11 heteroatoms. The van der Waals surface area contributed by atoms with E-state index in [0.717, 1.165) is 30.7 Å². The summed E-state index contributed by atoms with van der Waals surface area (Å²) in [5.41, 5.74) is -1.43. The molecule has 1 aromatic rings. The van der Waals surface area contributed by atoms with Crippen LogP contribution in [-0.2, 0) is 33.3 Å². The number of aromatic amines is 1. The van der Waals surface area contributed by atoms with E-state index in [9.17, 15) is 24.0 Å². The monoisotopic (exact) mass is 370 g/mol. The van der Waals surface area contributed by atoms with Crippen LogP contribution in [0.15, 0.2) is 21.9 Å². The third kappa shape index (κ3) is 4.57. The van der Waals surface area contributed by atoms with Crippen molar-refractivity contribution in [3.05, 3.63) is 33.1 Å². The van der Waals surface area contributed by atoms with Crippen molar-refractivity contribution in [3.63, 3.8) is 0 Å². The van der Waals surface area contributed by atoms with Crippen LogP contribution in [0.1, 0.15) is 27.0 Å². The normalized spacial score (nSPS) is 24.7. The van der Waals surface area contributed by atoms with E-state index in [2.05, 4.69) is 0 Å². The number of hydrogen-bond acceptors (Lipinski definition) is 9. The van der Waals surface area contributed by atoms with Crippen molar-refractivity contribution in [2.75, 3.05) is 6.61 Å². The molecule has 2 heterocycles. The van der Waals surface area contributed by atoms with Crippen LogP contribution >= 0.6 is 0 Å². The van der Waals surface area contributed by atoms with E-state index in [1.165, 1.54) is 6.92 Å². The zero-order valence-electron chi connectivity index (χ0n) is 14.3. The van der Waals surface area contributed by atoms with Gasteiger partial charge < -0.3 is 18.9 Å². The van der Waals surface area contributed by atoms with Gasteiger partial charge in [-0.25, -0.2) is 4.79 Å². The van der Waals surface area contributed by atoms with Crippen LogP contribution in [0.3, 0.4) is 0 Å². The van der Waals surface area contributed by atoms with Gasteiger partial charge in [-0.05, 0) is 0 Å². The van der Waals surface area contributed by atoms with Gasteiger partial charge >= 0.3 is 23.6 Å². The van der Waals surface area contributed by atoms with Gasteiger partial charge in [-0.3, -0.25) is 28.7 Å². The molecule has 1 aromatic heterocycles. The zero-order valence-corrected chi connectivity index (χ0v) is 14.3. The Balaban J connectivity index is 2.41. The summed E-state index contributed by atoms with van der Waals surface area (Å²) in [6.45, 7) is 3.17. The van der Waals surface area contributed by atoms with Crippen molar-refractivity contribution >= 4 is 17.9 Å². The number of carbonyl (C=O) groups excluding carboxylic acids is 3. The van der Waals surface area contributed by atoms with Gasteiger partial charge in [-0.15, -0.1) is 0 Å². The lowest BCUT2D eigenvalue weighted by Gasteiger charge is -2.23. The van der Waals surface area contributed by atoms with Crippen LogP contribution in [0.25, 0.3) is 0 Å². The van der Waals surface area contributed by atoms with Gasteiger partial charge in [0.2, 0.25) is 0 Å². The molecule has 26 heavy (non-hydrogen) atoms. The van der Waals surface area contributed by atoms with Gasteiger partial charge in [0.15, 0.2) is 18.4 Å². The third-order valence-corrected chi connectivity index (χ3v) is 3.47. The topological polar surface area (TPSA) is 143 Å². The highest BCUT2D eigenvalue weighted by Gasteiger charge is 2.50. The van der Waals surface area contributed by atoms with Gasteiger partial charge in [-0.2, -0.15) is 0 Å². The number of nitrogens with zero attached hydrogens (tertiary/aromatic N) is 1. The Hall–Kier alpha value is -2.95. The second-order valence-electron chi connectivity index (χ2n) is 5.53. The molecule has 11 nitrogen and oxygen atoms in total. The fraction of sp³-hybridized carbons (Fsp3) is 0.533. The highest BCUT2D eigenvalue weighted by molar-refractivity contribution is 5.67. The Bertz CT molecular complexity index is 812. The molecule has 4 atom stereocenters. The summed E-state index contributed by atoms with van der Waals surface area (Å²) in [6.07, 6.45) is -3.36. The van der Waals surface area contributed by atoms with Crippen molar-refractivity contribution in [2.24, 2.45) is 0 Å². The lowest BCUT2D eigenvalue weighted by atomic mass is 10.1. The van der Waals surface area contributed by atoms with E-state index in [1.807, 2.05) is 4.98 Å². The first kappa shape index (κ1) is 19.4. The van der Waals surface area contributed by atoms with Crippen molar-refractivity contribution in [3.8, 4) is 0 Å². The summed E-state index contributed by atoms with van der Waals surface area (Å²) in [5, 5.41) is 0. The Morgan fingerprint density at radius 1 is 1.08 bits per heavy atom. The molecular weight excluding hydrogens is 352 g/mol. The van der Waals surface area contributed by atoms with Crippen LogP contribution in [0.5, 0.6) is 0 Å². The lowest BCUT2D eigenvalue weighted by Crippen LogP contribution is -2.42. The van der Waals surface area contributed by atoms with E-state index < -0.39 is 53.7 Å². The molecule has 0 aliphatic carbocycles. The fourth-order valence-electron chi connectivity index (χ4n) is 2.54. The molecule has 0 aromatic carbocycles. The average molecular weight is 370 g/mol. The molecule has 0 spiro atoms. The molecule has 0 amide bonds. The predicted octanol–water partition coefficient (Wildman–Crippen LogP) is -1.14. The van der Waals surface area contributed by atoms with E-state index in [1.54, 1.807) is 0 Å². The highest BCUT2D eigenvalue weighted by atomic mass is 16.7. The van der Waals surface area contributed by atoms with E-state index in [-0.39, 0.29) is 6.61 Å². The van der Waals surface area contributed by atoms with Crippen molar-refractivity contribution < 1.29 is 33.3 Å². The maximum Gasteiger partial charge on any atom is 0.330 e. The maximum atomic E-state index is 12.1. The number of rotatable bonds is 5. The molecule has 1 aliphatic rings. The summed E-state index contributed by atoms with van der Waals surface area (Å²) in [5.74, 6) is -1.98. The number of hydrogen-bond donors (Lipinski definition) is 1. The number of esters is 3. The highest BCUT2D eigenvalue weighted by Crippen LogP contribution is 2.33. The quantitative estimate of drug-likeness (QED) is 0.502.